The minimum atomic E-state index is -0.464. The quantitative estimate of drug-likeness (QED) is 0.861. The van der Waals surface area contributed by atoms with Crippen LogP contribution in [0, 0.1) is 12.7 Å². The molecule has 0 spiro atoms. The average Bonchev–Trinajstić information content (AvgIpc) is 2.32. The van der Waals surface area contributed by atoms with Gasteiger partial charge in [-0.15, -0.1) is 0 Å². The maximum absolute atomic E-state index is 13.3. The summed E-state index contributed by atoms with van der Waals surface area (Å²) in [6.07, 6.45) is 1.55. The van der Waals surface area contributed by atoms with E-state index >= 15 is 0 Å². The number of hydrogen-bond donors (Lipinski definition) is 1. The molecule has 0 aliphatic carbocycles. The third kappa shape index (κ3) is 2.66. The lowest BCUT2D eigenvalue weighted by atomic mass is 10.2. The van der Waals surface area contributed by atoms with E-state index < -0.39 is 11.7 Å². The van der Waals surface area contributed by atoms with Crippen LogP contribution in [0.5, 0.6) is 0 Å². The third-order valence-electron chi connectivity index (χ3n) is 2.27. The van der Waals surface area contributed by atoms with Gasteiger partial charge in [0.1, 0.15) is 11.5 Å². The molecule has 86 valence electrons. The summed E-state index contributed by atoms with van der Waals surface area (Å²) in [5, 5.41) is 2.48. The van der Waals surface area contributed by atoms with Crippen LogP contribution < -0.4 is 5.32 Å². The van der Waals surface area contributed by atoms with E-state index in [1.807, 2.05) is 6.92 Å². The van der Waals surface area contributed by atoms with Crippen LogP contribution in [0.15, 0.2) is 42.6 Å². The first kappa shape index (κ1) is 11.3. The molecule has 0 bridgehead atoms. The molecule has 1 heterocycles. The number of aromatic nitrogens is 1. The molecule has 1 aromatic heterocycles. The van der Waals surface area contributed by atoms with E-state index in [2.05, 4.69) is 10.3 Å². The Bertz CT molecular complexity index is 555. The van der Waals surface area contributed by atoms with Gasteiger partial charge in [-0.3, -0.25) is 9.78 Å². The van der Waals surface area contributed by atoms with E-state index in [-0.39, 0.29) is 11.4 Å². The van der Waals surface area contributed by atoms with Crippen molar-refractivity contribution in [2.24, 2.45) is 0 Å². The molecule has 0 aliphatic rings. The SMILES string of the molecule is Cc1ccnc(C(=O)Nc2ccccc2F)c1. The zero-order chi connectivity index (χ0) is 12.3. The minimum Gasteiger partial charge on any atom is -0.318 e. The van der Waals surface area contributed by atoms with Crippen LogP contribution in [0.25, 0.3) is 0 Å². The third-order valence-corrected chi connectivity index (χ3v) is 2.27. The molecule has 0 atom stereocenters. The number of carbonyl (C=O) groups excluding carboxylic acids is 1. The van der Waals surface area contributed by atoms with Crippen LogP contribution in [0.1, 0.15) is 16.1 Å². The van der Waals surface area contributed by atoms with Crippen LogP contribution in [-0.2, 0) is 0 Å². The molecule has 2 rings (SSSR count). The predicted octanol–water partition coefficient (Wildman–Crippen LogP) is 2.78. The first-order valence-corrected chi connectivity index (χ1v) is 5.15. The van der Waals surface area contributed by atoms with Crippen molar-refractivity contribution in [3.63, 3.8) is 0 Å². The number of hydrogen-bond acceptors (Lipinski definition) is 2. The standard InChI is InChI=1S/C13H11FN2O/c1-9-6-7-15-12(8-9)13(17)16-11-5-3-2-4-10(11)14/h2-8H,1H3,(H,16,17). The monoisotopic (exact) mass is 230 g/mol. The fraction of sp³-hybridized carbons (Fsp3) is 0.0769. The predicted molar refractivity (Wildman–Crippen MR) is 63.3 cm³/mol. The van der Waals surface area contributed by atoms with E-state index in [9.17, 15) is 9.18 Å². The lowest BCUT2D eigenvalue weighted by molar-refractivity contribution is 0.102. The van der Waals surface area contributed by atoms with Gasteiger partial charge in [0, 0.05) is 6.20 Å². The summed E-state index contributed by atoms with van der Waals surface area (Å²) in [5.41, 5.74) is 1.35. The Morgan fingerprint density at radius 3 is 2.76 bits per heavy atom. The maximum Gasteiger partial charge on any atom is 0.274 e. The molecule has 2 aromatic rings. The van der Waals surface area contributed by atoms with Crippen molar-refractivity contribution in [3.8, 4) is 0 Å². The molecule has 1 aromatic carbocycles. The van der Waals surface area contributed by atoms with E-state index in [0.29, 0.717) is 0 Å². The molecule has 0 saturated carbocycles. The van der Waals surface area contributed by atoms with Crippen LogP contribution in [-0.4, -0.2) is 10.9 Å². The van der Waals surface area contributed by atoms with Gasteiger partial charge in [0.2, 0.25) is 0 Å². The van der Waals surface area contributed by atoms with Crippen molar-refractivity contribution in [2.75, 3.05) is 5.32 Å². The zero-order valence-electron chi connectivity index (χ0n) is 9.27. The summed E-state index contributed by atoms with van der Waals surface area (Å²) in [6.45, 7) is 1.86. The molecule has 0 radical (unpaired) electrons. The topological polar surface area (TPSA) is 42.0 Å². The fourth-order valence-corrected chi connectivity index (χ4v) is 1.41. The highest BCUT2D eigenvalue weighted by atomic mass is 19.1. The van der Waals surface area contributed by atoms with E-state index in [0.717, 1.165) is 5.56 Å². The van der Waals surface area contributed by atoms with Gasteiger partial charge in [-0.05, 0) is 36.8 Å². The first-order chi connectivity index (χ1) is 8.16. The van der Waals surface area contributed by atoms with E-state index in [1.54, 1.807) is 30.5 Å². The fourth-order valence-electron chi connectivity index (χ4n) is 1.41. The van der Waals surface area contributed by atoms with Crippen molar-refractivity contribution < 1.29 is 9.18 Å². The molecule has 4 heteroatoms. The molecule has 3 nitrogen and oxygen atoms in total. The number of amides is 1. The highest BCUT2D eigenvalue weighted by Gasteiger charge is 2.09. The van der Waals surface area contributed by atoms with Crippen LogP contribution in [0.2, 0.25) is 0 Å². The van der Waals surface area contributed by atoms with Crippen molar-refractivity contribution in [2.45, 2.75) is 6.92 Å². The van der Waals surface area contributed by atoms with Gasteiger partial charge in [0.15, 0.2) is 0 Å². The Morgan fingerprint density at radius 2 is 2.06 bits per heavy atom. The highest BCUT2D eigenvalue weighted by Crippen LogP contribution is 2.13. The maximum atomic E-state index is 13.3. The molecule has 1 N–H and O–H groups in total. The number of aryl methyl sites for hydroxylation is 1. The van der Waals surface area contributed by atoms with Gasteiger partial charge in [0.05, 0.1) is 5.69 Å². The number of nitrogens with one attached hydrogen (secondary N) is 1. The Hall–Kier alpha value is -2.23. The molecule has 0 saturated heterocycles. The van der Waals surface area contributed by atoms with Crippen molar-refractivity contribution >= 4 is 11.6 Å². The van der Waals surface area contributed by atoms with Gasteiger partial charge < -0.3 is 5.32 Å². The second kappa shape index (κ2) is 4.74. The Balaban J connectivity index is 2.20. The largest absolute Gasteiger partial charge is 0.318 e. The highest BCUT2D eigenvalue weighted by molar-refractivity contribution is 6.02. The van der Waals surface area contributed by atoms with Gasteiger partial charge in [-0.2, -0.15) is 0 Å². The normalized spacial score (nSPS) is 10.0. The van der Waals surface area contributed by atoms with Crippen molar-refractivity contribution in [1.82, 2.24) is 4.98 Å². The smallest absolute Gasteiger partial charge is 0.274 e. The number of para-hydroxylation sites is 1. The second-order valence-electron chi connectivity index (χ2n) is 3.65. The molecule has 17 heavy (non-hydrogen) atoms. The Morgan fingerprint density at radius 1 is 1.29 bits per heavy atom. The molecule has 1 amide bonds. The van der Waals surface area contributed by atoms with Crippen molar-refractivity contribution in [3.05, 3.63) is 59.7 Å². The van der Waals surface area contributed by atoms with Crippen LogP contribution >= 0.6 is 0 Å². The van der Waals surface area contributed by atoms with E-state index in [1.165, 1.54) is 12.1 Å². The lowest BCUT2D eigenvalue weighted by Crippen LogP contribution is -2.14. The number of rotatable bonds is 2. The van der Waals surface area contributed by atoms with Gasteiger partial charge in [0.25, 0.3) is 5.91 Å². The summed E-state index contributed by atoms with van der Waals surface area (Å²) in [6, 6.07) is 9.46. The zero-order valence-corrected chi connectivity index (χ0v) is 9.27. The summed E-state index contributed by atoms with van der Waals surface area (Å²) < 4.78 is 13.3. The number of carbonyl (C=O) groups is 1. The number of halogens is 1. The van der Waals surface area contributed by atoms with Gasteiger partial charge in [-0.25, -0.2) is 4.39 Å². The average molecular weight is 230 g/mol. The Labute approximate surface area is 98.3 Å². The summed E-state index contributed by atoms with van der Waals surface area (Å²) >= 11 is 0. The van der Waals surface area contributed by atoms with Crippen molar-refractivity contribution in [1.29, 1.82) is 0 Å². The summed E-state index contributed by atoms with van der Waals surface area (Å²) in [4.78, 5) is 15.7. The summed E-state index contributed by atoms with van der Waals surface area (Å²) in [5.74, 6) is -0.882. The molecular formula is C13H11FN2O. The minimum absolute atomic E-state index is 0.154. The number of anilines is 1. The van der Waals surface area contributed by atoms with Gasteiger partial charge in [-0.1, -0.05) is 12.1 Å². The number of benzene rings is 1. The van der Waals surface area contributed by atoms with Crippen LogP contribution in [0.3, 0.4) is 0 Å². The number of pyridine rings is 1. The lowest BCUT2D eigenvalue weighted by Gasteiger charge is -2.05. The first-order valence-electron chi connectivity index (χ1n) is 5.15. The second-order valence-corrected chi connectivity index (χ2v) is 3.65. The molecule has 0 aliphatic heterocycles. The van der Waals surface area contributed by atoms with E-state index in [4.69, 9.17) is 0 Å². The molecular weight excluding hydrogens is 219 g/mol. The van der Waals surface area contributed by atoms with Crippen LogP contribution in [0.4, 0.5) is 10.1 Å². The molecule has 0 fully saturated rings. The summed E-state index contributed by atoms with van der Waals surface area (Å²) in [7, 11) is 0. The molecule has 0 unspecified atom stereocenters. The Kier molecular flexibility index (Phi) is 3.14. The van der Waals surface area contributed by atoms with Gasteiger partial charge >= 0.3 is 0 Å². The number of nitrogens with zero attached hydrogens (tertiary/aromatic N) is 1.